The maximum absolute atomic E-state index is 14.6. The third-order valence-corrected chi connectivity index (χ3v) is 9.20. The van der Waals surface area contributed by atoms with Gasteiger partial charge in [0.25, 0.3) is 11.8 Å². The maximum atomic E-state index is 14.6. The summed E-state index contributed by atoms with van der Waals surface area (Å²) in [5.41, 5.74) is 1.95. The molecule has 2 amide bonds. The number of hydrogen-bond acceptors (Lipinski definition) is 7. The zero-order chi connectivity index (χ0) is 29.9. The lowest BCUT2D eigenvalue weighted by atomic mass is 9.81. The van der Waals surface area contributed by atoms with Crippen molar-refractivity contribution in [3.63, 3.8) is 0 Å². The fourth-order valence-corrected chi connectivity index (χ4v) is 6.17. The number of aromatic nitrogens is 5. The van der Waals surface area contributed by atoms with E-state index in [9.17, 15) is 27.2 Å². The van der Waals surface area contributed by atoms with Gasteiger partial charge in [-0.3, -0.25) is 9.59 Å². The Bertz CT molecular complexity index is 1520. The van der Waals surface area contributed by atoms with E-state index < -0.39 is 42.2 Å². The molecule has 3 heterocycles. The first-order valence-electron chi connectivity index (χ1n) is 15.1. The van der Waals surface area contributed by atoms with Crippen LogP contribution in [0.2, 0.25) is 0 Å². The number of imidazole rings is 1. The summed E-state index contributed by atoms with van der Waals surface area (Å²) >= 11 is 0. The van der Waals surface area contributed by atoms with Crippen LogP contribution in [0, 0.1) is 17.8 Å². The monoisotopic (exact) mass is 603 g/mol. The van der Waals surface area contributed by atoms with Gasteiger partial charge in [0.2, 0.25) is 5.92 Å². The van der Waals surface area contributed by atoms with Gasteiger partial charge in [0, 0.05) is 25.2 Å². The lowest BCUT2D eigenvalue weighted by Gasteiger charge is -2.33. The molecule has 2 N–H and O–H groups in total. The van der Waals surface area contributed by atoms with Gasteiger partial charge in [-0.25, -0.2) is 22.9 Å². The van der Waals surface area contributed by atoms with Gasteiger partial charge in [0.15, 0.2) is 11.3 Å². The van der Waals surface area contributed by atoms with Crippen molar-refractivity contribution in [1.82, 2.24) is 35.5 Å². The van der Waals surface area contributed by atoms with E-state index in [4.69, 9.17) is 9.61 Å². The highest BCUT2D eigenvalue weighted by molar-refractivity contribution is 5.93. The molecule has 7 rings (SSSR count). The first-order valence-corrected chi connectivity index (χ1v) is 15.1. The summed E-state index contributed by atoms with van der Waals surface area (Å²) in [7, 11) is 0. The highest BCUT2D eigenvalue weighted by Crippen LogP contribution is 2.45. The number of fused-ring (bicyclic) bond motifs is 1. The minimum Gasteiger partial charge on any atom is -0.344 e. The van der Waals surface area contributed by atoms with Crippen LogP contribution in [0.4, 0.5) is 17.6 Å². The summed E-state index contributed by atoms with van der Waals surface area (Å²) in [5, 5.41) is 17.6. The highest BCUT2D eigenvalue weighted by atomic mass is 19.3. The quantitative estimate of drug-likeness (QED) is 0.285. The summed E-state index contributed by atoms with van der Waals surface area (Å²) in [6.07, 6.45) is 7.29. The van der Waals surface area contributed by atoms with Gasteiger partial charge in [0.05, 0.1) is 30.2 Å². The van der Waals surface area contributed by atoms with Crippen molar-refractivity contribution in [1.29, 1.82) is 0 Å². The van der Waals surface area contributed by atoms with Gasteiger partial charge in [-0.2, -0.15) is 13.9 Å². The minimum absolute atomic E-state index is 0.0204. The minimum atomic E-state index is -3.44. The van der Waals surface area contributed by atoms with Gasteiger partial charge >= 0.3 is 5.92 Å². The van der Waals surface area contributed by atoms with E-state index >= 15 is 0 Å². The number of carbonyl (C=O) groups excluding carboxylic acids is 2. The number of halogens is 4. The summed E-state index contributed by atoms with van der Waals surface area (Å²) < 4.78 is 63.6. The van der Waals surface area contributed by atoms with Crippen LogP contribution >= 0.6 is 0 Å². The van der Waals surface area contributed by atoms with E-state index in [-0.39, 0.29) is 55.0 Å². The molecule has 0 aromatic carbocycles. The number of hydrogen-bond donors (Lipinski definition) is 2. The highest BCUT2D eigenvalue weighted by Gasteiger charge is 2.46. The lowest BCUT2D eigenvalue weighted by molar-refractivity contribution is -0.148. The average Bonchev–Trinajstić information content (AvgIpc) is 3.90. The standard InChI is InChI=1S/C29H33F4N7O3/c30-28(31)9-7-18(8-10-28)23(36-26(41)25-24(17-5-6-17)38-43-39-25)20-14-40-21(35-20)11-19(13-34-40)22(16-3-4-16)37-27(42)29(32,33)12-15-1-2-15/h11,13-18,22-23H,1-10,12H2,(H,36,41)(H,37,42)/t22-,23+/m1/s1. The second-order valence-electron chi connectivity index (χ2n) is 12.8. The summed E-state index contributed by atoms with van der Waals surface area (Å²) in [4.78, 5) is 30.6. The first-order chi connectivity index (χ1) is 20.6. The molecule has 0 bridgehead atoms. The molecular formula is C29H33F4N7O3. The van der Waals surface area contributed by atoms with Crippen LogP contribution in [0.3, 0.4) is 0 Å². The zero-order valence-corrected chi connectivity index (χ0v) is 23.4. The van der Waals surface area contributed by atoms with Crippen molar-refractivity contribution >= 4 is 17.5 Å². The molecule has 14 heteroatoms. The number of carbonyl (C=O) groups is 2. The Balaban J connectivity index is 1.15. The molecule has 4 aliphatic rings. The molecule has 0 aliphatic heterocycles. The van der Waals surface area contributed by atoms with Crippen LogP contribution in [0.25, 0.3) is 5.65 Å². The van der Waals surface area contributed by atoms with E-state index in [1.165, 1.54) is 10.7 Å². The number of rotatable bonds is 11. The van der Waals surface area contributed by atoms with Crippen LogP contribution in [0.5, 0.6) is 0 Å². The molecule has 43 heavy (non-hydrogen) atoms. The molecule has 0 radical (unpaired) electrons. The Morgan fingerprint density at radius 2 is 1.72 bits per heavy atom. The Morgan fingerprint density at radius 3 is 2.40 bits per heavy atom. The largest absolute Gasteiger partial charge is 0.344 e. The molecule has 2 atom stereocenters. The molecule has 0 saturated heterocycles. The molecule has 3 aromatic heterocycles. The van der Waals surface area contributed by atoms with Gasteiger partial charge in [-0.1, -0.05) is 5.16 Å². The molecule has 230 valence electrons. The Morgan fingerprint density at radius 1 is 1.00 bits per heavy atom. The normalized spacial score (nSPS) is 22.3. The predicted octanol–water partition coefficient (Wildman–Crippen LogP) is 5.29. The van der Waals surface area contributed by atoms with Crippen LogP contribution < -0.4 is 10.6 Å². The molecule has 4 aliphatic carbocycles. The molecule has 4 fully saturated rings. The summed E-state index contributed by atoms with van der Waals surface area (Å²) in [6.45, 7) is 0. The predicted molar refractivity (Wildman–Crippen MR) is 142 cm³/mol. The van der Waals surface area contributed by atoms with Crippen molar-refractivity contribution in [3.05, 3.63) is 41.1 Å². The molecule has 4 saturated carbocycles. The topological polar surface area (TPSA) is 127 Å². The Hall–Kier alpha value is -3.58. The Labute approximate surface area is 244 Å². The second kappa shape index (κ2) is 10.5. The van der Waals surface area contributed by atoms with Crippen LogP contribution in [0.15, 0.2) is 23.1 Å². The number of amides is 2. The van der Waals surface area contributed by atoms with Gasteiger partial charge in [-0.05, 0) is 85.9 Å². The van der Waals surface area contributed by atoms with Crippen molar-refractivity contribution in [3.8, 4) is 0 Å². The van der Waals surface area contributed by atoms with Crippen LogP contribution in [-0.4, -0.2) is 48.6 Å². The van der Waals surface area contributed by atoms with Crippen molar-refractivity contribution in [2.75, 3.05) is 0 Å². The molecular weight excluding hydrogens is 570 g/mol. The van der Waals surface area contributed by atoms with Crippen LogP contribution in [0.1, 0.15) is 116 Å². The van der Waals surface area contributed by atoms with E-state index in [1.54, 1.807) is 12.3 Å². The average molecular weight is 604 g/mol. The second-order valence-corrected chi connectivity index (χ2v) is 12.8. The molecule has 0 unspecified atom stereocenters. The summed E-state index contributed by atoms with van der Waals surface area (Å²) in [5.74, 6) is -8.27. The number of nitrogens with zero attached hydrogens (tertiary/aromatic N) is 5. The Kier molecular flexibility index (Phi) is 6.92. The van der Waals surface area contributed by atoms with Crippen molar-refractivity contribution in [2.24, 2.45) is 17.8 Å². The number of nitrogens with one attached hydrogen (secondary N) is 2. The maximum Gasteiger partial charge on any atom is 0.324 e. The van der Waals surface area contributed by atoms with Gasteiger partial charge in [-0.15, -0.1) is 0 Å². The molecule has 3 aromatic rings. The zero-order valence-electron chi connectivity index (χ0n) is 23.4. The van der Waals surface area contributed by atoms with Crippen molar-refractivity contribution in [2.45, 2.75) is 100 Å². The first kappa shape index (κ1) is 28.2. The smallest absolute Gasteiger partial charge is 0.324 e. The van der Waals surface area contributed by atoms with Crippen molar-refractivity contribution < 1.29 is 31.8 Å². The third kappa shape index (κ3) is 6.10. The summed E-state index contributed by atoms with van der Waals surface area (Å²) in [6, 6.07) is 0.351. The third-order valence-electron chi connectivity index (χ3n) is 9.20. The van der Waals surface area contributed by atoms with Gasteiger partial charge < -0.3 is 10.6 Å². The SMILES string of the molecule is O=C(N[C@H](c1cn2ncc([C@H](NC(=O)C(F)(F)CC3CC3)C3CC3)cc2n1)C1CCC(F)(F)CC1)c1nonc1C1CC1. The van der Waals surface area contributed by atoms with Crippen LogP contribution in [-0.2, 0) is 4.79 Å². The van der Waals surface area contributed by atoms with E-state index in [0.717, 1.165) is 38.5 Å². The van der Waals surface area contributed by atoms with E-state index in [1.807, 2.05) is 0 Å². The number of alkyl halides is 4. The molecule has 10 nitrogen and oxygen atoms in total. The van der Waals surface area contributed by atoms with E-state index in [0.29, 0.717) is 22.6 Å². The lowest BCUT2D eigenvalue weighted by Crippen LogP contribution is -2.43. The fourth-order valence-electron chi connectivity index (χ4n) is 6.17. The van der Waals surface area contributed by atoms with Gasteiger partial charge in [0.1, 0.15) is 5.69 Å². The fraction of sp³-hybridized carbons (Fsp3) is 0.655. The van der Waals surface area contributed by atoms with E-state index in [2.05, 4.69) is 26.0 Å². The molecule has 0 spiro atoms.